The minimum Gasteiger partial charge on any atom is -0.488 e. The van der Waals surface area contributed by atoms with Crippen molar-refractivity contribution in [1.82, 2.24) is 0 Å². The first-order valence-electron chi connectivity index (χ1n) is 6.20. The van der Waals surface area contributed by atoms with Crippen LogP contribution >= 0.6 is 0 Å². The topological polar surface area (TPSA) is 38.7 Å². The summed E-state index contributed by atoms with van der Waals surface area (Å²) >= 11 is 0. The lowest BCUT2D eigenvalue weighted by Gasteiger charge is -2.24. The van der Waals surface area contributed by atoms with Crippen molar-refractivity contribution in [3.05, 3.63) is 29.3 Å². The lowest BCUT2D eigenvalue weighted by Crippen LogP contribution is -2.28. The predicted octanol–water partition coefficient (Wildman–Crippen LogP) is 2.61. The van der Waals surface area contributed by atoms with Crippen LogP contribution in [0.1, 0.15) is 37.0 Å². The van der Waals surface area contributed by atoms with Crippen molar-refractivity contribution in [2.45, 2.75) is 38.9 Å². The maximum atomic E-state index is 9.50. The Morgan fingerprint density at radius 1 is 1.47 bits per heavy atom. The summed E-state index contributed by atoms with van der Waals surface area (Å²) in [6.07, 6.45) is 1.85. The van der Waals surface area contributed by atoms with Gasteiger partial charge in [-0.15, -0.1) is 0 Å². The number of aliphatic hydroxyl groups excluding tert-OH is 1. The summed E-state index contributed by atoms with van der Waals surface area (Å²) in [6.45, 7) is 5.30. The van der Waals surface area contributed by atoms with Gasteiger partial charge in [0.2, 0.25) is 0 Å². The summed E-state index contributed by atoms with van der Waals surface area (Å²) in [4.78, 5) is 0. The van der Waals surface area contributed by atoms with E-state index in [1.165, 1.54) is 0 Å². The minimum atomic E-state index is -0.430. The van der Waals surface area contributed by atoms with Crippen LogP contribution in [0.4, 0.5) is 0 Å². The molecule has 0 saturated carbocycles. The second-order valence-corrected chi connectivity index (χ2v) is 4.66. The van der Waals surface area contributed by atoms with E-state index in [1.807, 2.05) is 25.1 Å². The molecule has 1 aliphatic rings. The van der Waals surface area contributed by atoms with E-state index < -0.39 is 6.10 Å². The molecule has 3 heteroatoms. The summed E-state index contributed by atoms with van der Waals surface area (Å²) in [5.74, 6) is 0.893. The zero-order valence-corrected chi connectivity index (χ0v) is 10.5. The van der Waals surface area contributed by atoms with E-state index in [2.05, 4.69) is 0 Å². The standard InChI is InChI=1S/C14H20O3/c1-10-8-12(11(2)15)5-6-14(10)17-13-4-3-7-16-9-13/h5-6,8,11,13,15H,3-4,7,9H2,1-2H3. The third kappa shape index (κ3) is 3.20. The molecule has 1 aromatic carbocycles. The van der Waals surface area contributed by atoms with E-state index >= 15 is 0 Å². The molecule has 0 spiro atoms. The fourth-order valence-corrected chi connectivity index (χ4v) is 2.05. The second-order valence-electron chi connectivity index (χ2n) is 4.66. The molecule has 1 fully saturated rings. The monoisotopic (exact) mass is 236 g/mol. The van der Waals surface area contributed by atoms with Crippen LogP contribution in [0.3, 0.4) is 0 Å². The average molecular weight is 236 g/mol. The Balaban J connectivity index is 2.05. The van der Waals surface area contributed by atoms with Gasteiger partial charge in [-0.25, -0.2) is 0 Å². The quantitative estimate of drug-likeness (QED) is 0.876. The van der Waals surface area contributed by atoms with Gasteiger partial charge in [-0.1, -0.05) is 6.07 Å². The summed E-state index contributed by atoms with van der Waals surface area (Å²) in [5.41, 5.74) is 1.99. The Labute approximate surface area is 102 Å². The number of aryl methyl sites for hydroxylation is 1. The molecule has 0 aliphatic carbocycles. The number of ether oxygens (including phenoxy) is 2. The SMILES string of the molecule is Cc1cc(C(C)O)ccc1OC1CCCOC1. The van der Waals surface area contributed by atoms with Crippen molar-refractivity contribution in [1.29, 1.82) is 0 Å². The first kappa shape index (κ1) is 12.4. The molecule has 3 nitrogen and oxygen atoms in total. The summed E-state index contributed by atoms with van der Waals surface area (Å²) in [5, 5.41) is 9.50. The Hall–Kier alpha value is -1.06. The van der Waals surface area contributed by atoms with Gasteiger partial charge in [-0.3, -0.25) is 0 Å². The summed E-state index contributed by atoms with van der Waals surface area (Å²) < 4.78 is 11.3. The first-order chi connectivity index (χ1) is 8.16. The van der Waals surface area contributed by atoms with Crippen LogP contribution in [-0.2, 0) is 4.74 Å². The minimum absolute atomic E-state index is 0.167. The van der Waals surface area contributed by atoms with Crippen molar-refractivity contribution in [3.8, 4) is 5.75 Å². The van der Waals surface area contributed by atoms with Crippen LogP contribution in [0.2, 0.25) is 0 Å². The van der Waals surface area contributed by atoms with E-state index in [9.17, 15) is 5.11 Å². The number of hydrogen-bond donors (Lipinski definition) is 1. The van der Waals surface area contributed by atoms with Gasteiger partial charge in [-0.2, -0.15) is 0 Å². The first-order valence-corrected chi connectivity index (χ1v) is 6.20. The van der Waals surface area contributed by atoms with E-state index in [4.69, 9.17) is 9.47 Å². The van der Waals surface area contributed by atoms with Gasteiger partial charge in [0.05, 0.1) is 12.7 Å². The zero-order chi connectivity index (χ0) is 12.3. The lowest BCUT2D eigenvalue weighted by atomic mass is 10.1. The fraction of sp³-hybridized carbons (Fsp3) is 0.571. The van der Waals surface area contributed by atoms with E-state index in [1.54, 1.807) is 6.92 Å². The number of rotatable bonds is 3. The molecule has 1 heterocycles. The molecule has 0 amide bonds. The molecule has 1 aromatic rings. The Bertz CT molecular complexity index is 368. The van der Waals surface area contributed by atoms with Gasteiger partial charge in [0.25, 0.3) is 0 Å². The van der Waals surface area contributed by atoms with E-state index in [0.717, 1.165) is 36.3 Å². The highest BCUT2D eigenvalue weighted by atomic mass is 16.5. The number of benzene rings is 1. The zero-order valence-electron chi connectivity index (χ0n) is 10.5. The molecule has 1 saturated heterocycles. The second kappa shape index (κ2) is 5.52. The summed E-state index contributed by atoms with van der Waals surface area (Å²) in [6, 6.07) is 5.83. The van der Waals surface area contributed by atoms with Gasteiger partial charge in [0.15, 0.2) is 0 Å². The van der Waals surface area contributed by atoms with Crippen LogP contribution in [0, 0.1) is 6.92 Å². The van der Waals surface area contributed by atoms with Gasteiger partial charge in [0.1, 0.15) is 11.9 Å². The normalized spacial score (nSPS) is 22.2. The van der Waals surface area contributed by atoms with Gasteiger partial charge in [0, 0.05) is 6.61 Å². The fourth-order valence-electron chi connectivity index (χ4n) is 2.05. The Morgan fingerprint density at radius 2 is 2.29 bits per heavy atom. The predicted molar refractivity (Wildman–Crippen MR) is 66.3 cm³/mol. The highest BCUT2D eigenvalue weighted by molar-refractivity contribution is 5.37. The van der Waals surface area contributed by atoms with E-state index in [-0.39, 0.29) is 6.10 Å². The van der Waals surface area contributed by atoms with Gasteiger partial charge in [-0.05, 0) is 49.9 Å². The van der Waals surface area contributed by atoms with E-state index in [0.29, 0.717) is 6.61 Å². The van der Waals surface area contributed by atoms with Crippen LogP contribution in [0.5, 0.6) is 5.75 Å². The average Bonchev–Trinajstić information content (AvgIpc) is 2.33. The molecule has 17 heavy (non-hydrogen) atoms. The van der Waals surface area contributed by atoms with Crippen LogP contribution in [0.15, 0.2) is 18.2 Å². The third-order valence-corrected chi connectivity index (χ3v) is 3.09. The van der Waals surface area contributed by atoms with Gasteiger partial charge >= 0.3 is 0 Å². The highest BCUT2D eigenvalue weighted by Gasteiger charge is 2.16. The molecular weight excluding hydrogens is 216 g/mol. The van der Waals surface area contributed by atoms with Crippen molar-refractivity contribution in [2.75, 3.05) is 13.2 Å². The van der Waals surface area contributed by atoms with Crippen LogP contribution in [-0.4, -0.2) is 24.4 Å². The molecule has 2 rings (SSSR count). The molecule has 2 unspecified atom stereocenters. The van der Waals surface area contributed by atoms with Crippen LogP contribution < -0.4 is 4.74 Å². The van der Waals surface area contributed by atoms with Gasteiger partial charge < -0.3 is 14.6 Å². The molecule has 0 bridgehead atoms. The maximum Gasteiger partial charge on any atom is 0.122 e. The lowest BCUT2D eigenvalue weighted by molar-refractivity contribution is 0.00713. The Kier molecular flexibility index (Phi) is 4.02. The largest absolute Gasteiger partial charge is 0.488 e. The van der Waals surface area contributed by atoms with Crippen molar-refractivity contribution in [3.63, 3.8) is 0 Å². The smallest absolute Gasteiger partial charge is 0.122 e. The maximum absolute atomic E-state index is 9.50. The van der Waals surface area contributed by atoms with Crippen LogP contribution in [0.25, 0.3) is 0 Å². The molecule has 0 radical (unpaired) electrons. The van der Waals surface area contributed by atoms with Crippen molar-refractivity contribution in [2.24, 2.45) is 0 Å². The molecule has 1 N–H and O–H groups in total. The molecule has 2 atom stereocenters. The molecule has 94 valence electrons. The third-order valence-electron chi connectivity index (χ3n) is 3.09. The number of hydrogen-bond acceptors (Lipinski definition) is 3. The Morgan fingerprint density at radius 3 is 2.88 bits per heavy atom. The van der Waals surface area contributed by atoms with Crippen molar-refractivity contribution < 1.29 is 14.6 Å². The molecule has 0 aromatic heterocycles. The number of aliphatic hydroxyl groups is 1. The molecule has 1 aliphatic heterocycles. The van der Waals surface area contributed by atoms with Crippen molar-refractivity contribution >= 4 is 0 Å². The highest BCUT2D eigenvalue weighted by Crippen LogP contribution is 2.25. The summed E-state index contributed by atoms with van der Waals surface area (Å²) in [7, 11) is 0. The molecular formula is C14H20O3.